The standard InChI is InChI=1S/C16H16Cl3N/c17-8-2-4-12-3-1-5-15(9-12)20-11-13-6-7-14(18)10-16(13)19/h1,3,5-7,9-10,20H,2,4,8,11H2. The fraction of sp³-hybridized carbons (Fsp3) is 0.250. The number of nitrogens with one attached hydrogen (secondary N) is 1. The van der Waals surface area contributed by atoms with Gasteiger partial charge >= 0.3 is 0 Å². The van der Waals surface area contributed by atoms with Crippen molar-refractivity contribution in [2.45, 2.75) is 19.4 Å². The Labute approximate surface area is 134 Å². The Balaban J connectivity index is 1.99. The second-order valence-electron chi connectivity index (χ2n) is 4.58. The van der Waals surface area contributed by atoms with Gasteiger partial charge in [0.1, 0.15) is 0 Å². The van der Waals surface area contributed by atoms with Crippen LogP contribution in [0.4, 0.5) is 5.69 Å². The summed E-state index contributed by atoms with van der Waals surface area (Å²) in [6.45, 7) is 0.676. The zero-order valence-corrected chi connectivity index (χ0v) is 13.3. The molecule has 0 aliphatic carbocycles. The van der Waals surface area contributed by atoms with Gasteiger partial charge in [-0.3, -0.25) is 0 Å². The van der Waals surface area contributed by atoms with Crippen LogP contribution in [0.5, 0.6) is 0 Å². The lowest BCUT2D eigenvalue weighted by molar-refractivity contribution is 0.928. The molecule has 0 amide bonds. The highest BCUT2D eigenvalue weighted by Crippen LogP contribution is 2.22. The molecule has 0 aliphatic rings. The minimum absolute atomic E-state index is 0.654. The molecule has 0 heterocycles. The molecule has 20 heavy (non-hydrogen) atoms. The highest BCUT2D eigenvalue weighted by molar-refractivity contribution is 6.35. The minimum Gasteiger partial charge on any atom is -0.381 e. The molecule has 2 rings (SSSR count). The highest BCUT2D eigenvalue weighted by atomic mass is 35.5. The maximum atomic E-state index is 6.16. The van der Waals surface area contributed by atoms with Crippen molar-refractivity contribution in [1.29, 1.82) is 0 Å². The molecular weight excluding hydrogens is 313 g/mol. The van der Waals surface area contributed by atoms with Crippen LogP contribution in [-0.4, -0.2) is 5.88 Å². The first-order valence-corrected chi connectivity index (χ1v) is 7.81. The predicted molar refractivity (Wildman–Crippen MR) is 89.3 cm³/mol. The Morgan fingerprint density at radius 2 is 1.85 bits per heavy atom. The second-order valence-corrected chi connectivity index (χ2v) is 5.80. The number of hydrogen-bond donors (Lipinski definition) is 1. The molecule has 0 bridgehead atoms. The lowest BCUT2D eigenvalue weighted by Crippen LogP contribution is -2.00. The van der Waals surface area contributed by atoms with Crippen LogP contribution in [0.15, 0.2) is 42.5 Å². The minimum atomic E-state index is 0.654. The monoisotopic (exact) mass is 327 g/mol. The third kappa shape index (κ3) is 4.59. The number of hydrogen-bond acceptors (Lipinski definition) is 1. The van der Waals surface area contributed by atoms with Crippen LogP contribution in [0.2, 0.25) is 10.0 Å². The molecule has 0 saturated carbocycles. The van der Waals surface area contributed by atoms with Gasteiger partial charge in [0.05, 0.1) is 0 Å². The molecule has 0 aliphatic heterocycles. The van der Waals surface area contributed by atoms with E-state index in [2.05, 4.69) is 23.5 Å². The van der Waals surface area contributed by atoms with Gasteiger partial charge in [0.15, 0.2) is 0 Å². The summed E-state index contributed by atoms with van der Waals surface area (Å²) < 4.78 is 0. The molecule has 0 atom stereocenters. The van der Waals surface area contributed by atoms with Gasteiger partial charge in [0, 0.05) is 28.2 Å². The SMILES string of the molecule is ClCCCc1cccc(NCc2ccc(Cl)cc2Cl)c1. The van der Waals surface area contributed by atoms with Gasteiger partial charge in [-0.15, -0.1) is 11.6 Å². The molecule has 1 N–H and O–H groups in total. The van der Waals surface area contributed by atoms with E-state index in [4.69, 9.17) is 34.8 Å². The molecule has 0 fully saturated rings. The van der Waals surface area contributed by atoms with Crippen molar-refractivity contribution in [3.63, 3.8) is 0 Å². The average molecular weight is 329 g/mol. The smallest absolute Gasteiger partial charge is 0.0470 e. The van der Waals surface area contributed by atoms with Crippen molar-refractivity contribution in [2.75, 3.05) is 11.2 Å². The van der Waals surface area contributed by atoms with Gasteiger partial charge in [-0.05, 0) is 48.2 Å². The first kappa shape index (κ1) is 15.5. The average Bonchev–Trinajstić information content (AvgIpc) is 2.45. The Morgan fingerprint density at radius 3 is 2.60 bits per heavy atom. The first-order valence-electron chi connectivity index (χ1n) is 6.52. The van der Waals surface area contributed by atoms with E-state index < -0.39 is 0 Å². The van der Waals surface area contributed by atoms with Crippen LogP contribution in [0.25, 0.3) is 0 Å². The molecule has 0 saturated heterocycles. The Morgan fingerprint density at radius 1 is 1.00 bits per heavy atom. The number of benzene rings is 2. The van der Waals surface area contributed by atoms with Crippen molar-refractivity contribution in [1.82, 2.24) is 0 Å². The summed E-state index contributed by atoms with van der Waals surface area (Å²) in [7, 11) is 0. The third-order valence-electron chi connectivity index (χ3n) is 3.02. The van der Waals surface area contributed by atoms with Gasteiger partial charge in [-0.25, -0.2) is 0 Å². The molecule has 0 spiro atoms. The van der Waals surface area contributed by atoms with Crippen LogP contribution in [-0.2, 0) is 13.0 Å². The van der Waals surface area contributed by atoms with Gasteiger partial charge in [0.25, 0.3) is 0 Å². The summed E-state index contributed by atoms with van der Waals surface area (Å²) in [5.41, 5.74) is 3.41. The van der Waals surface area contributed by atoms with Crippen molar-refractivity contribution in [3.05, 3.63) is 63.6 Å². The van der Waals surface area contributed by atoms with Crippen molar-refractivity contribution >= 4 is 40.5 Å². The number of aryl methyl sites for hydroxylation is 1. The van der Waals surface area contributed by atoms with Crippen molar-refractivity contribution < 1.29 is 0 Å². The molecule has 2 aromatic rings. The van der Waals surface area contributed by atoms with Gasteiger partial charge < -0.3 is 5.32 Å². The zero-order valence-electron chi connectivity index (χ0n) is 11.0. The van der Waals surface area contributed by atoms with Crippen LogP contribution < -0.4 is 5.32 Å². The molecule has 2 aromatic carbocycles. The molecule has 4 heteroatoms. The quantitative estimate of drug-likeness (QED) is 0.663. The molecule has 1 nitrogen and oxygen atoms in total. The molecule has 0 aromatic heterocycles. The maximum Gasteiger partial charge on any atom is 0.0470 e. The summed E-state index contributed by atoms with van der Waals surface area (Å²) >= 11 is 17.8. The topological polar surface area (TPSA) is 12.0 Å². The summed E-state index contributed by atoms with van der Waals surface area (Å²) in [6.07, 6.45) is 1.99. The summed E-state index contributed by atoms with van der Waals surface area (Å²) in [5, 5.41) is 4.72. The molecular formula is C16H16Cl3N. The Bertz CT molecular complexity index is 569. The largest absolute Gasteiger partial charge is 0.381 e. The molecule has 106 valence electrons. The van der Waals surface area contributed by atoms with Gasteiger partial charge in [-0.2, -0.15) is 0 Å². The van der Waals surface area contributed by atoms with Crippen LogP contribution in [0.3, 0.4) is 0 Å². The van der Waals surface area contributed by atoms with E-state index >= 15 is 0 Å². The fourth-order valence-corrected chi connectivity index (χ4v) is 2.58. The van der Waals surface area contributed by atoms with E-state index in [1.54, 1.807) is 6.07 Å². The Kier molecular flexibility index (Phi) is 6.03. The van der Waals surface area contributed by atoms with Gasteiger partial charge in [0.2, 0.25) is 0 Å². The third-order valence-corrected chi connectivity index (χ3v) is 3.88. The predicted octanol–water partition coefficient (Wildman–Crippen LogP) is 5.78. The Hall–Kier alpha value is -0.890. The number of anilines is 1. The molecule has 0 radical (unpaired) electrons. The van der Waals surface area contributed by atoms with Gasteiger partial charge in [-0.1, -0.05) is 41.4 Å². The summed E-state index contributed by atoms with van der Waals surface area (Å²) in [5.74, 6) is 0.692. The van der Waals surface area contributed by atoms with E-state index in [0.717, 1.165) is 24.1 Å². The summed E-state index contributed by atoms with van der Waals surface area (Å²) in [6, 6.07) is 13.9. The second kappa shape index (κ2) is 7.78. The number of halogens is 3. The lowest BCUT2D eigenvalue weighted by Gasteiger charge is -2.10. The zero-order chi connectivity index (χ0) is 14.4. The van der Waals surface area contributed by atoms with Crippen LogP contribution >= 0.6 is 34.8 Å². The van der Waals surface area contributed by atoms with Crippen molar-refractivity contribution in [3.8, 4) is 0 Å². The van der Waals surface area contributed by atoms with Crippen molar-refractivity contribution in [2.24, 2.45) is 0 Å². The van der Waals surface area contributed by atoms with Crippen LogP contribution in [0, 0.1) is 0 Å². The van der Waals surface area contributed by atoms with E-state index in [9.17, 15) is 0 Å². The maximum absolute atomic E-state index is 6.16. The number of alkyl halides is 1. The van der Waals surface area contributed by atoms with E-state index in [1.807, 2.05) is 18.2 Å². The number of rotatable bonds is 6. The van der Waals surface area contributed by atoms with Crippen LogP contribution in [0.1, 0.15) is 17.5 Å². The molecule has 0 unspecified atom stereocenters. The van der Waals surface area contributed by atoms with E-state index in [-0.39, 0.29) is 0 Å². The summed E-state index contributed by atoms with van der Waals surface area (Å²) in [4.78, 5) is 0. The first-order chi connectivity index (χ1) is 9.69. The fourth-order valence-electron chi connectivity index (χ4n) is 1.97. The van der Waals surface area contributed by atoms with E-state index in [1.165, 1.54) is 5.56 Å². The normalized spacial score (nSPS) is 10.6. The lowest BCUT2D eigenvalue weighted by atomic mass is 10.1. The van der Waals surface area contributed by atoms with E-state index in [0.29, 0.717) is 22.5 Å². The highest BCUT2D eigenvalue weighted by Gasteiger charge is 2.02.